The summed E-state index contributed by atoms with van der Waals surface area (Å²) in [4.78, 5) is 8.27. The van der Waals surface area contributed by atoms with E-state index in [1.165, 1.54) is 12.5 Å². The Hall–Kier alpha value is -1.27. The molecule has 2 saturated heterocycles. The van der Waals surface area contributed by atoms with Crippen LogP contribution in [0.15, 0.2) is 28.1 Å². The molecule has 3 rings (SSSR count). The average Bonchev–Trinajstić information content (AvgIpc) is 3.02. The first-order valence-corrected chi connectivity index (χ1v) is 10.3. The standard InChI is InChI=1S/C19H28FN3OS/c1-3-21-18(22-13-15-12-16(20)4-5-17(15)25-2)23-9-6-19(14-23)7-10-24-11-8-19/h4-5,12H,3,6-11,13-14H2,1-2H3,(H,21,22). The van der Waals surface area contributed by atoms with E-state index in [4.69, 9.17) is 9.73 Å². The quantitative estimate of drug-likeness (QED) is 0.503. The van der Waals surface area contributed by atoms with Crippen LogP contribution in [0.5, 0.6) is 0 Å². The van der Waals surface area contributed by atoms with Gasteiger partial charge in [-0.1, -0.05) is 0 Å². The van der Waals surface area contributed by atoms with Gasteiger partial charge in [-0.15, -0.1) is 11.8 Å². The minimum absolute atomic E-state index is 0.199. The molecule has 1 spiro atoms. The fourth-order valence-corrected chi connectivity index (χ4v) is 4.37. The lowest BCUT2D eigenvalue weighted by molar-refractivity contribution is 0.0217. The molecule has 1 N–H and O–H groups in total. The Morgan fingerprint density at radius 3 is 2.88 bits per heavy atom. The van der Waals surface area contributed by atoms with Gasteiger partial charge in [0.05, 0.1) is 6.54 Å². The molecule has 1 aromatic carbocycles. The summed E-state index contributed by atoms with van der Waals surface area (Å²) in [5, 5.41) is 3.41. The molecule has 2 aliphatic heterocycles. The topological polar surface area (TPSA) is 36.9 Å². The van der Waals surface area contributed by atoms with E-state index < -0.39 is 0 Å². The van der Waals surface area contributed by atoms with Crippen molar-refractivity contribution in [3.63, 3.8) is 0 Å². The van der Waals surface area contributed by atoms with Gasteiger partial charge in [0.1, 0.15) is 5.82 Å². The number of halogens is 1. The number of hydrogen-bond donors (Lipinski definition) is 1. The SMILES string of the molecule is CCNC(=NCc1cc(F)ccc1SC)N1CCC2(CCOCC2)C1. The molecule has 25 heavy (non-hydrogen) atoms. The molecule has 2 heterocycles. The molecule has 0 bridgehead atoms. The van der Waals surface area contributed by atoms with E-state index in [2.05, 4.69) is 17.1 Å². The summed E-state index contributed by atoms with van der Waals surface area (Å²) < 4.78 is 19.1. The molecule has 0 amide bonds. The number of ether oxygens (including phenoxy) is 1. The maximum Gasteiger partial charge on any atom is 0.194 e. The molecule has 138 valence electrons. The summed E-state index contributed by atoms with van der Waals surface area (Å²) in [5.41, 5.74) is 1.33. The number of rotatable bonds is 4. The van der Waals surface area contributed by atoms with Crippen molar-refractivity contribution < 1.29 is 9.13 Å². The molecule has 0 radical (unpaired) electrons. The number of likely N-dealkylation sites (tertiary alicyclic amines) is 1. The monoisotopic (exact) mass is 365 g/mol. The molecule has 0 unspecified atom stereocenters. The lowest BCUT2D eigenvalue weighted by Crippen LogP contribution is -2.42. The summed E-state index contributed by atoms with van der Waals surface area (Å²) in [6, 6.07) is 4.95. The van der Waals surface area contributed by atoms with Crippen LogP contribution < -0.4 is 5.32 Å². The van der Waals surface area contributed by atoms with Crippen LogP contribution in [0.25, 0.3) is 0 Å². The molecule has 6 heteroatoms. The zero-order chi connectivity index (χ0) is 17.7. The van der Waals surface area contributed by atoms with Crippen molar-refractivity contribution in [2.75, 3.05) is 39.1 Å². The van der Waals surface area contributed by atoms with Gasteiger partial charge in [0, 0.05) is 37.7 Å². The second-order valence-electron chi connectivity index (χ2n) is 6.91. The van der Waals surface area contributed by atoms with Crippen molar-refractivity contribution in [2.24, 2.45) is 10.4 Å². The third-order valence-corrected chi connectivity index (χ3v) is 6.11. The molecule has 2 aliphatic rings. The van der Waals surface area contributed by atoms with E-state index in [0.29, 0.717) is 12.0 Å². The van der Waals surface area contributed by atoms with Gasteiger partial charge in [0.15, 0.2) is 5.96 Å². The van der Waals surface area contributed by atoms with Gasteiger partial charge in [-0.3, -0.25) is 0 Å². The minimum Gasteiger partial charge on any atom is -0.381 e. The van der Waals surface area contributed by atoms with Crippen LogP contribution in [0.4, 0.5) is 4.39 Å². The fourth-order valence-electron chi connectivity index (χ4n) is 3.79. The highest BCUT2D eigenvalue weighted by Crippen LogP contribution is 2.39. The van der Waals surface area contributed by atoms with E-state index in [9.17, 15) is 4.39 Å². The molecule has 0 aliphatic carbocycles. The maximum atomic E-state index is 13.6. The zero-order valence-electron chi connectivity index (χ0n) is 15.2. The molecular formula is C19H28FN3OS. The van der Waals surface area contributed by atoms with Crippen LogP contribution in [0, 0.1) is 11.2 Å². The Labute approximate surface area is 154 Å². The van der Waals surface area contributed by atoms with E-state index in [1.807, 2.05) is 12.3 Å². The average molecular weight is 366 g/mol. The Kier molecular flexibility index (Phi) is 6.23. The first-order valence-electron chi connectivity index (χ1n) is 9.09. The van der Waals surface area contributed by atoms with Gasteiger partial charge in [-0.25, -0.2) is 9.38 Å². The summed E-state index contributed by atoms with van der Waals surface area (Å²) in [7, 11) is 0. The van der Waals surface area contributed by atoms with Crippen LogP contribution in [0.1, 0.15) is 31.7 Å². The van der Waals surface area contributed by atoms with E-state index in [1.54, 1.807) is 17.8 Å². The summed E-state index contributed by atoms with van der Waals surface area (Å²) in [5.74, 6) is 0.748. The number of hydrogen-bond acceptors (Lipinski definition) is 3. The van der Waals surface area contributed by atoms with Crippen molar-refractivity contribution >= 4 is 17.7 Å². The Morgan fingerprint density at radius 1 is 1.36 bits per heavy atom. The molecule has 0 atom stereocenters. The smallest absolute Gasteiger partial charge is 0.194 e. The van der Waals surface area contributed by atoms with Crippen molar-refractivity contribution in [3.05, 3.63) is 29.6 Å². The number of thioether (sulfide) groups is 1. The van der Waals surface area contributed by atoms with Gasteiger partial charge in [0.25, 0.3) is 0 Å². The lowest BCUT2D eigenvalue weighted by atomic mass is 9.80. The third-order valence-electron chi connectivity index (χ3n) is 5.27. The highest BCUT2D eigenvalue weighted by molar-refractivity contribution is 7.98. The first-order chi connectivity index (χ1) is 12.2. The van der Waals surface area contributed by atoms with Crippen molar-refractivity contribution in [1.82, 2.24) is 10.2 Å². The van der Waals surface area contributed by atoms with Gasteiger partial charge in [0.2, 0.25) is 0 Å². The zero-order valence-corrected chi connectivity index (χ0v) is 16.0. The summed E-state index contributed by atoms with van der Waals surface area (Å²) in [6.45, 7) is 7.26. The summed E-state index contributed by atoms with van der Waals surface area (Å²) in [6.07, 6.45) is 5.50. The number of aliphatic imine (C=N–C) groups is 1. The van der Waals surface area contributed by atoms with Crippen LogP contribution >= 0.6 is 11.8 Å². The minimum atomic E-state index is -0.199. The lowest BCUT2D eigenvalue weighted by Gasteiger charge is -2.33. The number of guanidine groups is 1. The van der Waals surface area contributed by atoms with E-state index in [-0.39, 0.29) is 5.82 Å². The van der Waals surface area contributed by atoms with Gasteiger partial charge in [-0.2, -0.15) is 0 Å². The van der Waals surface area contributed by atoms with Gasteiger partial charge in [-0.05, 0) is 61.6 Å². The van der Waals surface area contributed by atoms with E-state index >= 15 is 0 Å². The number of benzene rings is 1. The Balaban J connectivity index is 1.73. The second kappa shape index (κ2) is 8.41. The highest BCUT2D eigenvalue weighted by atomic mass is 32.2. The summed E-state index contributed by atoms with van der Waals surface area (Å²) >= 11 is 1.64. The molecular weight excluding hydrogens is 337 g/mol. The van der Waals surface area contributed by atoms with Crippen LogP contribution in [0.2, 0.25) is 0 Å². The Morgan fingerprint density at radius 2 is 2.16 bits per heavy atom. The predicted octanol–water partition coefficient (Wildman–Crippen LogP) is 3.52. The van der Waals surface area contributed by atoms with Gasteiger partial charge >= 0.3 is 0 Å². The van der Waals surface area contributed by atoms with Crippen LogP contribution in [-0.4, -0.2) is 50.0 Å². The highest BCUT2D eigenvalue weighted by Gasteiger charge is 2.40. The fraction of sp³-hybridized carbons (Fsp3) is 0.632. The molecule has 4 nitrogen and oxygen atoms in total. The van der Waals surface area contributed by atoms with Gasteiger partial charge < -0.3 is 15.0 Å². The number of nitrogens with zero attached hydrogens (tertiary/aromatic N) is 2. The second-order valence-corrected chi connectivity index (χ2v) is 7.76. The Bertz CT molecular complexity index is 617. The van der Waals surface area contributed by atoms with Crippen molar-refractivity contribution in [2.45, 2.75) is 37.6 Å². The van der Waals surface area contributed by atoms with Crippen molar-refractivity contribution in [1.29, 1.82) is 0 Å². The van der Waals surface area contributed by atoms with Crippen LogP contribution in [-0.2, 0) is 11.3 Å². The molecule has 2 fully saturated rings. The largest absolute Gasteiger partial charge is 0.381 e. The third kappa shape index (κ3) is 4.47. The molecule has 0 saturated carbocycles. The van der Waals surface area contributed by atoms with Crippen molar-refractivity contribution in [3.8, 4) is 0 Å². The molecule has 1 aromatic rings. The molecule has 0 aromatic heterocycles. The first kappa shape index (κ1) is 18.5. The van der Waals surface area contributed by atoms with E-state index in [0.717, 1.165) is 62.1 Å². The number of nitrogens with one attached hydrogen (secondary N) is 1. The normalized spacial score (nSPS) is 20.3. The van der Waals surface area contributed by atoms with Crippen LogP contribution in [0.3, 0.4) is 0 Å². The predicted molar refractivity (Wildman–Crippen MR) is 102 cm³/mol. The maximum absolute atomic E-state index is 13.6.